The molecule has 2 saturated heterocycles. The van der Waals surface area contributed by atoms with Gasteiger partial charge in [-0.2, -0.15) is 0 Å². The monoisotopic (exact) mass is 201 g/mol. The Morgan fingerprint density at radius 1 is 1.50 bits per heavy atom. The molecule has 0 amide bonds. The number of β-amino-alcohol motifs (C(OH)–C–C–N with tert-alkyl or cyclic N) is 1. The third-order valence-corrected chi connectivity index (χ3v) is 3.28. The minimum absolute atomic E-state index is 0.118. The van der Waals surface area contributed by atoms with Crippen molar-refractivity contribution in [2.75, 3.05) is 32.8 Å². The van der Waals surface area contributed by atoms with Gasteiger partial charge in [0.15, 0.2) is 0 Å². The highest BCUT2D eigenvalue weighted by atomic mass is 16.5. The van der Waals surface area contributed by atoms with Gasteiger partial charge >= 0.3 is 0 Å². The second-order valence-electron chi connectivity index (χ2n) is 4.43. The molecule has 2 aliphatic rings. The molecule has 0 saturated carbocycles. The summed E-state index contributed by atoms with van der Waals surface area (Å²) in [6, 6.07) is 0. The first-order valence-electron chi connectivity index (χ1n) is 5.39. The Labute approximate surface area is 84.5 Å². The van der Waals surface area contributed by atoms with Crippen LogP contribution in [0.4, 0.5) is 0 Å². The summed E-state index contributed by atoms with van der Waals surface area (Å²) < 4.78 is 5.79. The number of hydrogen-bond acceptors (Lipinski definition) is 4. The average Bonchev–Trinajstić information content (AvgIpc) is 2.49. The summed E-state index contributed by atoms with van der Waals surface area (Å²) >= 11 is 0. The van der Waals surface area contributed by atoms with Crippen molar-refractivity contribution < 1.29 is 14.9 Å². The van der Waals surface area contributed by atoms with Crippen LogP contribution in [-0.2, 0) is 4.74 Å². The van der Waals surface area contributed by atoms with E-state index in [1.54, 1.807) is 0 Å². The van der Waals surface area contributed by atoms with Crippen LogP contribution in [0, 0.1) is 0 Å². The molecule has 0 aromatic heterocycles. The summed E-state index contributed by atoms with van der Waals surface area (Å²) in [6.45, 7) is 3.45. The standard InChI is InChI=1S/C10H19NO3/c12-5-4-11-3-2-10(8-11)7-9(13)1-6-14-10/h9,12-13H,1-8H2/t9-,10+/m1/s1. The van der Waals surface area contributed by atoms with E-state index < -0.39 is 0 Å². The zero-order chi connectivity index (χ0) is 10.0. The van der Waals surface area contributed by atoms with E-state index in [-0.39, 0.29) is 18.3 Å². The lowest BCUT2D eigenvalue weighted by molar-refractivity contribution is -0.110. The van der Waals surface area contributed by atoms with E-state index in [1.807, 2.05) is 0 Å². The summed E-state index contributed by atoms with van der Waals surface area (Å²) in [5.74, 6) is 0. The molecule has 0 aliphatic carbocycles. The number of aliphatic hydroxyl groups excluding tert-OH is 2. The van der Waals surface area contributed by atoms with Crippen molar-refractivity contribution >= 4 is 0 Å². The lowest BCUT2D eigenvalue weighted by Crippen LogP contribution is -2.44. The van der Waals surface area contributed by atoms with Crippen molar-refractivity contribution in [3.05, 3.63) is 0 Å². The van der Waals surface area contributed by atoms with E-state index in [1.165, 1.54) is 0 Å². The maximum atomic E-state index is 9.60. The lowest BCUT2D eigenvalue weighted by Gasteiger charge is -2.36. The number of rotatable bonds is 2. The minimum Gasteiger partial charge on any atom is -0.395 e. The van der Waals surface area contributed by atoms with Gasteiger partial charge in [0.2, 0.25) is 0 Å². The van der Waals surface area contributed by atoms with E-state index in [2.05, 4.69) is 4.90 Å². The molecule has 0 radical (unpaired) electrons. The topological polar surface area (TPSA) is 52.9 Å². The van der Waals surface area contributed by atoms with Gasteiger partial charge in [-0.1, -0.05) is 0 Å². The number of aliphatic hydroxyl groups is 2. The van der Waals surface area contributed by atoms with E-state index in [0.717, 1.165) is 38.9 Å². The van der Waals surface area contributed by atoms with Gasteiger partial charge < -0.3 is 14.9 Å². The molecule has 82 valence electrons. The van der Waals surface area contributed by atoms with E-state index in [0.29, 0.717) is 6.61 Å². The Balaban J connectivity index is 1.91. The molecule has 2 atom stereocenters. The lowest BCUT2D eigenvalue weighted by atomic mass is 9.91. The Morgan fingerprint density at radius 3 is 3.07 bits per heavy atom. The average molecular weight is 201 g/mol. The Bertz CT molecular complexity index is 200. The van der Waals surface area contributed by atoms with Crippen LogP contribution >= 0.6 is 0 Å². The molecule has 2 fully saturated rings. The van der Waals surface area contributed by atoms with Crippen LogP contribution in [-0.4, -0.2) is 59.7 Å². The summed E-state index contributed by atoms with van der Waals surface area (Å²) in [4.78, 5) is 2.21. The van der Waals surface area contributed by atoms with Crippen molar-refractivity contribution in [1.29, 1.82) is 0 Å². The Morgan fingerprint density at radius 2 is 2.36 bits per heavy atom. The highest BCUT2D eigenvalue weighted by Crippen LogP contribution is 2.33. The van der Waals surface area contributed by atoms with Gasteiger partial charge in [0.05, 0.1) is 18.3 Å². The van der Waals surface area contributed by atoms with Crippen LogP contribution in [0.5, 0.6) is 0 Å². The smallest absolute Gasteiger partial charge is 0.0845 e. The van der Waals surface area contributed by atoms with Crippen LogP contribution < -0.4 is 0 Å². The zero-order valence-electron chi connectivity index (χ0n) is 8.48. The van der Waals surface area contributed by atoms with Crippen molar-refractivity contribution in [2.45, 2.75) is 31.0 Å². The van der Waals surface area contributed by atoms with Crippen molar-refractivity contribution in [3.8, 4) is 0 Å². The molecule has 4 nitrogen and oxygen atoms in total. The second kappa shape index (κ2) is 4.14. The maximum Gasteiger partial charge on any atom is 0.0845 e. The summed E-state index contributed by atoms with van der Waals surface area (Å²) in [7, 11) is 0. The van der Waals surface area contributed by atoms with Gasteiger partial charge in [0.1, 0.15) is 0 Å². The molecular formula is C10H19NO3. The maximum absolute atomic E-state index is 9.60. The van der Waals surface area contributed by atoms with E-state index in [4.69, 9.17) is 9.84 Å². The van der Waals surface area contributed by atoms with Gasteiger partial charge in [0.25, 0.3) is 0 Å². The fourth-order valence-corrected chi connectivity index (χ4v) is 2.55. The SMILES string of the molecule is OCCN1CC[C@]2(C[C@H](O)CCO2)C1. The van der Waals surface area contributed by atoms with Crippen LogP contribution in [0.15, 0.2) is 0 Å². The van der Waals surface area contributed by atoms with Gasteiger partial charge in [-0.25, -0.2) is 0 Å². The molecule has 14 heavy (non-hydrogen) atoms. The van der Waals surface area contributed by atoms with Crippen molar-refractivity contribution in [3.63, 3.8) is 0 Å². The van der Waals surface area contributed by atoms with Gasteiger partial charge in [0, 0.05) is 32.7 Å². The highest BCUT2D eigenvalue weighted by Gasteiger charge is 2.42. The molecule has 0 aromatic rings. The molecule has 0 bridgehead atoms. The first-order chi connectivity index (χ1) is 6.74. The normalized spacial score (nSPS) is 39.4. The molecule has 2 heterocycles. The third-order valence-electron chi connectivity index (χ3n) is 3.28. The highest BCUT2D eigenvalue weighted by molar-refractivity contribution is 4.95. The van der Waals surface area contributed by atoms with Crippen molar-refractivity contribution in [2.24, 2.45) is 0 Å². The van der Waals surface area contributed by atoms with E-state index in [9.17, 15) is 5.11 Å². The fourth-order valence-electron chi connectivity index (χ4n) is 2.55. The van der Waals surface area contributed by atoms with Gasteiger partial charge in [-0.15, -0.1) is 0 Å². The molecular weight excluding hydrogens is 182 g/mol. The minimum atomic E-state index is -0.196. The van der Waals surface area contributed by atoms with Gasteiger partial charge in [-0.3, -0.25) is 4.90 Å². The van der Waals surface area contributed by atoms with Gasteiger partial charge in [-0.05, 0) is 12.8 Å². The Kier molecular flexibility index (Phi) is 3.07. The quantitative estimate of drug-likeness (QED) is 0.638. The summed E-state index contributed by atoms with van der Waals surface area (Å²) in [5.41, 5.74) is -0.118. The van der Waals surface area contributed by atoms with Crippen LogP contribution in [0.1, 0.15) is 19.3 Å². The van der Waals surface area contributed by atoms with Crippen LogP contribution in [0.2, 0.25) is 0 Å². The van der Waals surface area contributed by atoms with Crippen LogP contribution in [0.3, 0.4) is 0 Å². The molecule has 0 unspecified atom stereocenters. The molecule has 2 aliphatic heterocycles. The molecule has 2 N–H and O–H groups in total. The summed E-state index contributed by atoms with van der Waals surface area (Å²) in [5, 5.41) is 18.4. The predicted octanol–water partition coefficient (Wildman–Crippen LogP) is -0.406. The first kappa shape index (κ1) is 10.4. The Hall–Kier alpha value is -0.160. The fraction of sp³-hybridized carbons (Fsp3) is 1.00. The summed E-state index contributed by atoms with van der Waals surface area (Å²) in [6.07, 6.45) is 2.32. The third kappa shape index (κ3) is 2.08. The largest absolute Gasteiger partial charge is 0.395 e. The number of ether oxygens (including phenoxy) is 1. The second-order valence-corrected chi connectivity index (χ2v) is 4.43. The zero-order valence-corrected chi connectivity index (χ0v) is 8.48. The molecule has 1 spiro atoms. The van der Waals surface area contributed by atoms with E-state index >= 15 is 0 Å². The van der Waals surface area contributed by atoms with Crippen molar-refractivity contribution in [1.82, 2.24) is 4.90 Å². The number of nitrogens with zero attached hydrogens (tertiary/aromatic N) is 1. The predicted molar refractivity (Wildman–Crippen MR) is 52.1 cm³/mol. The number of likely N-dealkylation sites (tertiary alicyclic amines) is 1. The van der Waals surface area contributed by atoms with Crippen LogP contribution in [0.25, 0.3) is 0 Å². The molecule has 0 aromatic carbocycles. The first-order valence-corrected chi connectivity index (χ1v) is 5.39. The number of hydrogen-bond donors (Lipinski definition) is 2. The molecule has 4 heteroatoms. The molecule has 2 rings (SSSR count).